The van der Waals surface area contributed by atoms with Crippen LogP contribution in [0.15, 0.2) is 24.3 Å². The third kappa shape index (κ3) is 2.93. The minimum Gasteiger partial charge on any atom is -0.313 e. The highest BCUT2D eigenvalue weighted by molar-refractivity contribution is 5.36. The van der Waals surface area contributed by atoms with Gasteiger partial charge in [0.15, 0.2) is 0 Å². The molecule has 20 heavy (non-hydrogen) atoms. The standard InChI is InChI=1S/C19H29N/c1-2-20-19(16-10-5-3-4-6-11-16)18-14-13-15-9-7-8-12-17(15)18/h7-9,12,16,18-20H,2-6,10-11,13-14H2,1H3. The quantitative estimate of drug-likeness (QED) is 0.785. The highest BCUT2D eigenvalue weighted by Gasteiger charge is 2.34. The Morgan fingerprint density at radius 3 is 2.55 bits per heavy atom. The summed E-state index contributed by atoms with van der Waals surface area (Å²) < 4.78 is 0. The van der Waals surface area contributed by atoms with Crippen molar-refractivity contribution in [2.75, 3.05) is 6.54 Å². The van der Waals surface area contributed by atoms with Crippen LogP contribution in [0.4, 0.5) is 0 Å². The highest BCUT2D eigenvalue weighted by Crippen LogP contribution is 2.40. The van der Waals surface area contributed by atoms with E-state index >= 15 is 0 Å². The smallest absolute Gasteiger partial charge is 0.0164 e. The Hall–Kier alpha value is -0.820. The van der Waals surface area contributed by atoms with E-state index in [2.05, 4.69) is 36.5 Å². The van der Waals surface area contributed by atoms with E-state index in [4.69, 9.17) is 0 Å². The Kier molecular flexibility index (Phi) is 4.77. The van der Waals surface area contributed by atoms with E-state index in [1.807, 2.05) is 0 Å². The highest BCUT2D eigenvalue weighted by atomic mass is 14.9. The van der Waals surface area contributed by atoms with Gasteiger partial charge in [-0.25, -0.2) is 0 Å². The van der Waals surface area contributed by atoms with Gasteiger partial charge in [0.05, 0.1) is 0 Å². The van der Waals surface area contributed by atoms with Crippen LogP contribution in [0.5, 0.6) is 0 Å². The Morgan fingerprint density at radius 1 is 1.05 bits per heavy atom. The molecule has 0 radical (unpaired) electrons. The molecule has 2 aliphatic carbocycles. The fourth-order valence-electron chi connectivity index (χ4n) is 4.51. The zero-order valence-corrected chi connectivity index (χ0v) is 12.9. The Labute approximate surface area is 124 Å². The van der Waals surface area contributed by atoms with Gasteiger partial charge in [-0.3, -0.25) is 0 Å². The van der Waals surface area contributed by atoms with Crippen molar-refractivity contribution in [3.63, 3.8) is 0 Å². The summed E-state index contributed by atoms with van der Waals surface area (Å²) in [5.41, 5.74) is 3.25. The van der Waals surface area contributed by atoms with E-state index < -0.39 is 0 Å². The summed E-state index contributed by atoms with van der Waals surface area (Å²) in [6, 6.07) is 9.86. The number of hydrogen-bond donors (Lipinski definition) is 1. The molecular formula is C19H29N. The molecule has 0 bridgehead atoms. The fraction of sp³-hybridized carbons (Fsp3) is 0.684. The molecule has 0 amide bonds. The molecule has 2 atom stereocenters. The SMILES string of the molecule is CCNC(C1CCCCCC1)C1CCc2ccccc21. The molecule has 3 rings (SSSR count). The van der Waals surface area contributed by atoms with E-state index in [0.717, 1.165) is 18.4 Å². The second-order valence-electron chi connectivity index (χ2n) is 6.68. The largest absolute Gasteiger partial charge is 0.313 e. The third-order valence-corrected chi connectivity index (χ3v) is 5.46. The first kappa shape index (κ1) is 14.1. The number of fused-ring (bicyclic) bond motifs is 1. The first-order chi connectivity index (χ1) is 9.90. The van der Waals surface area contributed by atoms with Gasteiger partial charge in [-0.05, 0) is 49.3 Å². The predicted molar refractivity (Wildman–Crippen MR) is 86.2 cm³/mol. The van der Waals surface area contributed by atoms with Crippen molar-refractivity contribution in [3.05, 3.63) is 35.4 Å². The molecule has 2 aliphatic rings. The van der Waals surface area contributed by atoms with Crippen molar-refractivity contribution in [1.29, 1.82) is 0 Å². The number of nitrogens with one attached hydrogen (secondary N) is 1. The van der Waals surface area contributed by atoms with Gasteiger partial charge in [0.1, 0.15) is 0 Å². The van der Waals surface area contributed by atoms with Crippen molar-refractivity contribution in [2.24, 2.45) is 5.92 Å². The number of benzene rings is 1. The predicted octanol–water partition coefficient (Wildman–Crippen LogP) is 4.66. The summed E-state index contributed by atoms with van der Waals surface area (Å²) in [7, 11) is 0. The lowest BCUT2D eigenvalue weighted by atomic mass is 9.80. The summed E-state index contributed by atoms with van der Waals surface area (Å²) in [5, 5.41) is 3.86. The summed E-state index contributed by atoms with van der Waals surface area (Å²) in [6.45, 7) is 3.38. The minimum atomic E-state index is 0.710. The second kappa shape index (κ2) is 6.76. The van der Waals surface area contributed by atoms with Crippen molar-refractivity contribution < 1.29 is 0 Å². The molecule has 1 aromatic rings. The van der Waals surface area contributed by atoms with Crippen LogP contribution in [0, 0.1) is 5.92 Å². The van der Waals surface area contributed by atoms with Crippen LogP contribution in [-0.4, -0.2) is 12.6 Å². The zero-order valence-electron chi connectivity index (χ0n) is 12.9. The fourth-order valence-corrected chi connectivity index (χ4v) is 4.51. The molecule has 1 saturated carbocycles. The van der Waals surface area contributed by atoms with Crippen LogP contribution in [0.25, 0.3) is 0 Å². The van der Waals surface area contributed by atoms with Crippen molar-refractivity contribution in [3.8, 4) is 0 Å². The van der Waals surface area contributed by atoms with E-state index in [9.17, 15) is 0 Å². The molecule has 1 nitrogen and oxygen atoms in total. The maximum atomic E-state index is 3.86. The van der Waals surface area contributed by atoms with Gasteiger partial charge in [0, 0.05) is 12.0 Å². The van der Waals surface area contributed by atoms with Crippen LogP contribution >= 0.6 is 0 Å². The molecule has 1 heteroatoms. The first-order valence-corrected chi connectivity index (χ1v) is 8.71. The van der Waals surface area contributed by atoms with Gasteiger partial charge < -0.3 is 5.32 Å². The Balaban J connectivity index is 1.80. The monoisotopic (exact) mass is 271 g/mol. The van der Waals surface area contributed by atoms with E-state index in [1.54, 1.807) is 11.1 Å². The summed E-state index contributed by atoms with van der Waals surface area (Å²) >= 11 is 0. The van der Waals surface area contributed by atoms with E-state index in [-0.39, 0.29) is 0 Å². The molecule has 1 aromatic carbocycles. The molecule has 2 unspecified atom stereocenters. The topological polar surface area (TPSA) is 12.0 Å². The first-order valence-electron chi connectivity index (χ1n) is 8.71. The summed E-state index contributed by atoms with van der Waals surface area (Å²) in [5.74, 6) is 1.66. The summed E-state index contributed by atoms with van der Waals surface area (Å²) in [4.78, 5) is 0. The minimum absolute atomic E-state index is 0.710. The molecule has 110 valence electrons. The van der Waals surface area contributed by atoms with Crippen LogP contribution in [-0.2, 0) is 6.42 Å². The molecule has 1 fully saturated rings. The number of likely N-dealkylation sites (N-methyl/N-ethyl adjacent to an activating group) is 1. The molecule has 0 aliphatic heterocycles. The maximum absolute atomic E-state index is 3.86. The van der Waals surface area contributed by atoms with Crippen LogP contribution in [0.1, 0.15) is 68.9 Å². The average Bonchev–Trinajstić information content (AvgIpc) is 2.71. The normalized spacial score (nSPS) is 25.1. The third-order valence-electron chi connectivity index (χ3n) is 5.46. The zero-order chi connectivity index (χ0) is 13.8. The van der Waals surface area contributed by atoms with Gasteiger partial charge in [0.2, 0.25) is 0 Å². The molecular weight excluding hydrogens is 242 g/mol. The average molecular weight is 271 g/mol. The Morgan fingerprint density at radius 2 is 1.80 bits per heavy atom. The molecule has 0 heterocycles. The lowest BCUT2D eigenvalue weighted by molar-refractivity contribution is 0.281. The van der Waals surface area contributed by atoms with Crippen LogP contribution < -0.4 is 5.32 Å². The molecule has 0 spiro atoms. The van der Waals surface area contributed by atoms with Crippen molar-refractivity contribution >= 4 is 0 Å². The van der Waals surface area contributed by atoms with Gasteiger partial charge in [-0.2, -0.15) is 0 Å². The van der Waals surface area contributed by atoms with Gasteiger partial charge in [0.25, 0.3) is 0 Å². The second-order valence-corrected chi connectivity index (χ2v) is 6.68. The van der Waals surface area contributed by atoms with Crippen molar-refractivity contribution in [1.82, 2.24) is 5.32 Å². The number of aryl methyl sites for hydroxylation is 1. The van der Waals surface area contributed by atoms with Gasteiger partial charge in [-0.1, -0.05) is 56.9 Å². The van der Waals surface area contributed by atoms with Crippen LogP contribution in [0.3, 0.4) is 0 Å². The summed E-state index contributed by atoms with van der Waals surface area (Å²) in [6.07, 6.45) is 11.3. The van der Waals surface area contributed by atoms with Crippen molar-refractivity contribution in [2.45, 2.75) is 70.3 Å². The van der Waals surface area contributed by atoms with Gasteiger partial charge in [-0.15, -0.1) is 0 Å². The molecule has 0 aromatic heterocycles. The maximum Gasteiger partial charge on any atom is 0.0164 e. The van der Waals surface area contributed by atoms with E-state index in [0.29, 0.717) is 6.04 Å². The van der Waals surface area contributed by atoms with E-state index in [1.165, 1.54) is 51.4 Å². The number of rotatable bonds is 4. The van der Waals surface area contributed by atoms with Gasteiger partial charge >= 0.3 is 0 Å². The number of hydrogen-bond acceptors (Lipinski definition) is 1. The molecule has 0 saturated heterocycles. The lowest BCUT2D eigenvalue weighted by Gasteiger charge is -2.32. The van der Waals surface area contributed by atoms with Crippen LogP contribution in [0.2, 0.25) is 0 Å². The lowest BCUT2D eigenvalue weighted by Crippen LogP contribution is -2.40. The Bertz CT molecular complexity index is 418. The molecule has 1 N–H and O–H groups in total.